The summed E-state index contributed by atoms with van der Waals surface area (Å²) in [4.78, 5) is 30.4. The first-order valence-electron chi connectivity index (χ1n) is 9.24. The Morgan fingerprint density at radius 2 is 1.83 bits per heavy atom. The van der Waals surface area contributed by atoms with E-state index in [1.807, 2.05) is 26.8 Å². The van der Waals surface area contributed by atoms with E-state index in [2.05, 4.69) is 5.48 Å². The highest BCUT2D eigenvalue weighted by atomic mass is 16.7. The van der Waals surface area contributed by atoms with Crippen molar-refractivity contribution in [2.75, 3.05) is 0 Å². The molecule has 0 spiro atoms. The third-order valence-corrected chi connectivity index (χ3v) is 4.39. The standard InChI is InChI=1S/C22H23N3O5/c1-22(2,3)18(29-15-7-5-4-6-8-15)21(27)30-25-20(26)16-10-13(19(23)24)9-14-11-28-12-17(14)16/h4-12,18H,1-3H3,(H3,23,24)(H,25,26). The van der Waals surface area contributed by atoms with E-state index in [0.29, 0.717) is 22.1 Å². The summed E-state index contributed by atoms with van der Waals surface area (Å²) in [6.45, 7) is 5.49. The fourth-order valence-electron chi connectivity index (χ4n) is 2.84. The number of nitrogens with two attached hydrogens (primary N) is 1. The number of benzene rings is 2. The van der Waals surface area contributed by atoms with Gasteiger partial charge >= 0.3 is 5.97 Å². The number of hydroxylamine groups is 1. The van der Waals surface area contributed by atoms with Gasteiger partial charge in [0.1, 0.15) is 11.6 Å². The van der Waals surface area contributed by atoms with Gasteiger partial charge < -0.3 is 19.7 Å². The topological polar surface area (TPSA) is 128 Å². The Morgan fingerprint density at radius 3 is 2.47 bits per heavy atom. The van der Waals surface area contributed by atoms with Crippen LogP contribution >= 0.6 is 0 Å². The molecule has 4 N–H and O–H groups in total. The van der Waals surface area contributed by atoms with Crippen LogP contribution in [-0.2, 0) is 9.63 Å². The van der Waals surface area contributed by atoms with Crippen LogP contribution in [0.4, 0.5) is 0 Å². The number of hydrogen-bond acceptors (Lipinski definition) is 6. The average Bonchev–Trinajstić information content (AvgIpc) is 3.17. The normalized spacial score (nSPS) is 12.2. The van der Waals surface area contributed by atoms with Crippen LogP contribution in [0.2, 0.25) is 0 Å². The molecule has 0 aliphatic carbocycles. The molecular formula is C22H23N3O5. The number of ether oxygens (including phenoxy) is 1. The van der Waals surface area contributed by atoms with Crippen LogP contribution in [0, 0.1) is 10.8 Å². The molecule has 0 aliphatic rings. The largest absolute Gasteiger partial charge is 0.478 e. The quantitative estimate of drug-likeness (QED) is 0.337. The van der Waals surface area contributed by atoms with Crippen molar-refractivity contribution in [3.8, 4) is 5.75 Å². The van der Waals surface area contributed by atoms with Gasteiger partial charge in [-0.2, -0.15) is 5.48 Å². The van der Waals surface area contributed by atoms with Crippen molar-refractivity contribution in [3.05, 3.63) is 66.1 Å². The molecule has 0 aliphatic heterocycles. The maximum Gasteiger partial charge on any atom is 0.372 e. The van der Waals surface area contributed by atoms with Gasteiger partial charge in [0.25, 0.3) is 5.91 Å². The van der Waals surface area contributed by atoms with Crippen LogP contribution in [0.15, 0.2) is 59.4 Å². The molecule has 30 heavy (non-hydrogen) atoms. The molecule has 156 valence electrons. The summed E-state index contributed by atoms with van der Waals surface area (Å²) >= 11 is 0. The lowest BCUT2D eigenvalue weighted by molar-refractivity contribution is -0.162. The predicted molar refractivity (Wildman–Crippen MR) is 111 cm³/mol. The number of amides is 1. The van der Waals surface area contributed by atoms with Crippen molar-refractivity contribution in [2.24, 2.45) is 11.1 Å². The smallest absolute Gasteiger partial charge is 0.372 e. The van der Waals surface area contributed by atoms with Crippen molar-refractivity contribution in [2.45, 2.75) is 26.9 Å². The predicted octanol–water partition coefficient (Wildman–Crippen LogP) is 3.40. The first kappa shape index (κ1) is 20.9. The number of carbonyl (C=O) groups excluding carboxylic acids is 2. The number of para-hydroxylation sites is 1. The van der Waals surface area contributed by atoms with Gasteiger partial charge in [0.05, 0.1) is 18.1 Å². The Morgan fingerprint density at radius 1 is 1.13 bits per heavy atom. The Balaban J connectivity index is 1.77. The monoisotopic (exact) mass is 409 g/mol. The van der Waals surface area contributed by atoms with E-state index in [1.54, 1.807) is 30.3 Å². The van der Waals surface area contributed by atoms with Crippen molar-refractivity contribution in [3.63, 3.8) is 0 Å². The summed E-state index contributed by atoms with van der Waals surface area (Å²) in [6.07, 6.45) is 1.87. The highest BCUT2D eigenvalue weighted by Crippen LogP contribution is 2.26. The third kappa shape index (κ3) is 4.60. The number of furan rings is 1. The average molecular weight is 409 g/mol. The van der Waals surface area contributed by atoms with E-state index in [1.165, 1.54) is 18.6 Å². The van der Waals surface area contributed by atoms with E-state index in [4.69, 9.17) is 25.1 Å². The van der Waals surface area contributed by atoms with Gasteiger partial charge in [-0.3, -0.25) is 10.2 Å². The summed E-state index contributed by atoms with van der Waals surface area (Å²) in [5.74, 6) is -1.11. The fourth-order valence-corrected chi connectivity index (χ4v) is 2.84. The van der Waals surface area contributed by atoms with Crippen LogP contribution < -0.4 is 16.0 Å². The zero-order valence-corrected chi connectivity index (χ0v) is 16.9. The molecule has 0 bridgehead atoms. The number of rotatable bonds is 5. The summed E-state index contributed by atoms with van der Waals surface area (Å²) in [5, 5.41) is 8.71. The number of amidine groups is 1. The maximum absolute atomic E-state index is 12.7. The highest BCUT2D eigenvalue weighted by Gasteiger charge is 2.36. The molecule has 0 fully saturated rings. The van der Waals surface area contributed by atoms with Gasteiger partial charge in [-0.05, 0) is 24.3 Å². The number of fused-ring (bicyclic) bond motifs is 1. The van der Waals surface area contributed by atoms with Gasteiger partial charge in [-0.25, -0.2) is 4.79 Å². The van der Waals surface area contributed by atoms with E-state index in [0.717, 1.165) is 0 Å². The Hall–Kier alpha value is -3.81. The second-order valence-corrected chi connectivity index (χ2v) is 7.84. The molecule has 3 rings (SSSR count). The van der Waals surface area contributed by atoms with Gasteiger partial charge in [0, 0.05) is 21.8 Å². The second kappa shape index (κ2) is 8.28. The van der Waals surface area contributed by atoms with Crippen molar-refractivity contribution >= 4 is 28.5 Å². The lowest BCUT2D eigenvalue weighted by Crippen LogP contribution is -2.43. The molecule has 1 atom stereocenters. The van der Waals surface area contributed by atoms with Gasteiger partial charge in [-0.15, -0.1) is 0 Å². The summed E-state index contributed by atoms with van der Waals surface area (Å²) < 4.78 is 10.9. The number of carbonyl (C=O) groups is 2. The number of nitrogen functional groups attached to an aromatic ring is 1. The summed E-state index contributed by atoms with van der Waals surface area (Å²) in [5.41, 5.74) is 7.63. The third-order valence-electron chi connectivity index (χ3n) is 4.39. The maximum atomic E-state index is 12.7. The molecule has 1 unspecified atom stereocenters. The van der Waals surface area contributed by atoms with E-state index in [9.17, 15) is 9.59 Å². The van der Waals surface area contributed by atoms with Crippen LogP contribution in [0.3, 0.4) is 0 Å². The molecule has 8 heteroatoms. The van der Waals surface area contributed by atoms with Crippen molar-refractivity contribution in [1.82, 2.24) is 5.48 Å². The molecule has 1 heterocycles. The van der Waals surface area contributed by atoms with Crippen molar-refractivity contribution < 1.29 is 23.6 Å². The molecular weight excluding hydrogens is 386 g/mol. The van der Waals surface area contributed by atoms with E-state index < -0.39 is 23.4 Å². The lowest BCUT2D eigenvalue weighted by Gasteiger charge is -2.28. The molecule has 1 aromatic heterocycles. The zero-order valence-electron chi connectivity index (χ0n) is 16.9. The highest BCUT2D eigenvalue weighted by molar-refractivity contribution is 6.10. The van der Waals surface area contributed by atoms with Gasteiger partial charge in [0.2, 0.25) is 6.10 Å². The molecule has 0 radical (unpaired) electrons. The number of nitrogens with one attached hydrogen (secondary N) is 2. The molecule has 8 nitrogen and oxygen atoms in total. The Labute approximate surface area is 173 Å². The van der Waals surface area contributed by atoms with Crippen molar-refractivity contribution in [1.29, 1.82) is 5.41 Å². The van der Waals surface area contributed by atoms with E-state index in [-0.39, 0.29) is 11.4 Å². The van der Waals surface area contributed by atoms with Gasteiger partial charge in [0.15, 0.2) is 0 Å². The fraction of sp³-hybridized carbons (Fsp3) is 0.227. The molecule has 0 saturated heterocycles. The first-order chi connectivity index (χ1) is 14.2. The lowest BCUT2D eigenvalue weighted by atomic mass is 9.89. The minimum Gasteiger partial charge on any atom is -0.478 e. The molecule has 2 aromatic carbocycles. The Kier molecular flexibility index (Phi) is 5.77. The molecule has 3 aromatic rings. The Bertz CT molecular complexity index is 1080. The SMILES string of the molecule is CC(C)(C)C(Oc1ccccc1)C(=O)ONC(=O)c1cc(C(=N)N)cc2cocc12. The van der Waals surface area contributed by atoms with Crippen LogP contribution in [0.25, 0.3) is 10.8 Å². The van der Waals surface area contributed by atoms with E-state index >= 15 is 0 Å². The van der Waals surface area contributed by atoms with Crippen LogP contribution in [0.5, 0.6) is 5.75 Å². The molecule has 0 saturated carbocycles. The summed E-state index contributed by atoms with van der Waals surface area (Å²) in [7, 11) is 0. The minimum atomic E-state index is -0.960. The second-order valence-electron chi connectivity index (χ2n) is 7.84. The summed E-state index contributed by atoms with van der Waals surface area (Å²) in [6, 6.07) is 11.9. The minimum absolute atomic E-state index is 0.163. The number of hydrogen-bond donors (Lipinski definition) is 3. The zero-order chi connectivity index (χ0) is 21.9. The van der Waals surface area contributed by atoms with Gasteiger partial charge in [-0.1, -0.05) is 39.0 Å². The molecule has 1 amide bonds. The first-order valence-corrected chi connectivity index (χ1v) is 9.24. The van der Waals surface area contributed by atoms with Crippen LogP contribution in [0.1, 0.15) is 36.7 Å². The van der Waals surface area contributed by atoms with Crippen LogP contribution in [-0.4, -0.2) is 23.8 Å².